The predicted octanol–water partition coefficient (Wildman–Crippen LogP) is 2.52. The summed E-state index contributed by atoms with van der Waals surface area (Å²) in [5.41, 5.74) is 6.95. The van der Waals surface area contributed by atoms with Crippen molar-refractivity contribution < 1.29 is 4.79 Å². The van der Waals surface area contributed by atoms with Crippen LogP contribution in [-0.2, 0) is 0 Å². The van der Waals surface area contributed by atoms with Gasteiger partial charge < -0.3 is 5.73 Å². The maximum absolute atomic E-state index is 12.0. The molecule has 0 aliphatic rings. The molecule has 0 unspecified atom stereocenters. The molecule has 3 heteroatoms. The number of benzene rings is 1. The molecule has 0 aliphatic heterocycles. The van der Waals surface area contributed by atoms with Crippen molar-refractivity contribution in [3.05, 3.63) is 55.1 Å². The smallest absolute Gasteiger partial charge is 0.164 e. The van der Waals surface area contributed by atoms with Crippen molar-refractivity contribution in [3.8, 4) is 0 Å². The molecule has 0 radical (unpaired) electrons. The van der Waals surface area contributed by atoms with Gasteiger partial charge in [-0.05, 0) is 12.1 Å². The fourth-order valence-corrected chi connectivity index (χ4v) is 1.74. The highest BCUT2D eigenvalue weighted by atomic mass is 16.1. The minimum Gasteiger partial charge on any atom is -0.399 e. The second-order valence-corrected chi connectivity index (χ2v) is 4.14. The molecule has 2 N–H and O–H groups in total. The van der Waals surface area contributed by atoms with Gasteiger partial charge in [0.05, 0.1) is 0 Å². The van der Waals surface area contributed by atoms with E-state index in [4.69, 9.17) is 5.73 Å². The van der Waals surface area contributed by atoms with Crippen LogP contribution in [0.5, 0.6) is 0 Å². The Kier molecular flexibility index (Phi) is 5.88. The van der Waals surface area contributed by atoms with Gasteiger partial charge in [-0.25, -0.2) is 0 Å². The number of carbonyl (C=O) groups excluding carboxylic acids is 1. The lowest BCUT2D eigenvalue weighted by Gasteiger charge is -2.17. The Morgan fingerprint density at radius 3 is 2.50 bits per heavy atom. The molecule has 0 bridgehead atoms. The minimum absolute atomic E-state index is 0.112. The van der Waals surface area contributed by atoms with Gasteiger partial charge in [-0.3, -0.25) is 9.69 Å². The van der Waals surface area contributed by atoms with Crippen molar-refractivity contribution in [2.24, 2.45) is 0 Å². The summed E-state index contributed by atoms with van der Waals surface area (Å²) >= 11 is 0. The molecule has 0 amide bonds. The third kappa shape index (κ3) is 4.55. The molecule has 0 fully saturated rings. The van der Waals surface area contributed by atoms with E-state index in [1.54, 1.807) is 24.3 Å². The SMILES string of the molecule is C=CCN(CC=C)CCC(=O)c1cccc(N)c1. The van der Waals surface area contributed by atoms with Crippen molar-refractivity contribution in [1.29, 1.82) is 0 Å². The highest BCUT2D eigenvalue weighted by Gasteiger charge is 2.08. The second kappa shape index (κ2) is 7.45. The molecule has 3 nitrogen and oxygen atoms in total. The summed E-state index contributed by atoms with van der Waals surface area (Å²) < 4.78 is 0. The third-order valence-electron chi connectivity index (χ3n) is 2.64. The average molecular weight is 244 g/mol. The molecule has 1 aromatic rings. The van der Waals surface area contributed by atoms with Gasteiger partial charge >= 0.3 is 0 Å². The molecular formula is C15H20N2O. The summed E-state index contributed by atoms with van der Waals surface area (Å²) in [6.07, 6.45) is 4.13. The van der Waals surface area contributed by atoms with Crippen LogP contribution in [0, 0.1) is 0 Å². The summed E-state index contributed by atoms with van der Waals surface area (Å²) in [5.74, 6) is 0.112. The number of rotatable bonds is 8. The van der Waals surface area contributed by atoms with Crippen LogP contribution in [0.1, 0.15) is 16.8 Å². The third-order valence-corrected chi connectivity index (χ3v) is 2.64. The molecule has 0 saturated heterocycles. The molecule has 0 spiro atoms. The van der Waals surface area contributed by atoms with Gasteiger partial charge in [-0.1, -0.05) is 24.3 Å². The molecular weight excluding hydrogens is 224 g/mol. The van der Waals surface area contributed by atoms with Gasteiger partial charge in [0, 0.05) is 37.3 Å². The lowest BCUT2D eigenvalue weighted by Crippen LogP contribution is -2.26. The van der Waals surface area contributed by atoms with Crippen molar-refractivity contribution in [1.82, 2.24) is 4.90 Å². The van der Waals surface area contributed by atoms with E-state index in [-0.39, 0.29) is 5.78 Å². The number of Topliss-reactive ketones (excluding diaryl/α,β-unsaturated/α-hetero) is 1. The minimum atomic E-state index is 0.112. The quantitative estimate of drug-likeness (QED) is 0.434. The summed E-state index contributed by atoms with van der Waals surface area (Å²) in [6, 6.07) is 7.09. The van der Waals surface area contributed by atoms with Crippen LogP contribution in [0.4, 0.5) is 5.69 Å². The topological polar surface area (TPSA) is 46.3 Å². The summed E-state index contributed by atoms with van der Waals surface area (Å²) in [6.45, 7) is 9.62. The first-order valence-electron chi connectivity index (χ1n) is 6.00. The summed E-state index contributed by atoms with van der Waals surface area (Å²) in [4.78, 5) is 14.1. The van der Waals surface area contributed by atoms with E-state index in [0.717, 1.165) is 13.1 Å². The van der Waals surface area contributed by atoms with Crippen LogP contribution in [0.3, 0.4) is 0 Å². The Morgan fingerprint density at radius 1 is 1.28 bits per heavy atom. The zero-order valence-electron chi connectivity index (χ0n) is 10.6. The largest absolute Gasteiger partial charge is 0.399 e. The van der Waals surface area contributed by atoms with Crippen molar-refractivity contribution in [3.63, 3.8) is 0 Å². The number of hydrogen-bond donors (Lipinski definition) is 1. The van der Waals surface area contributed by atoms with E-state index in [1.165, 1.54) is 0 Å². The predicted molar refractivity (Wildman–Crippen MR) is 76.6 cm³/mol. The van der Waals surface area contributed by atoms with Gasteiger partial charge in [-0.15, -0.1) is 13.2 Å². The Balaban J connectivity index is 2.53. The Hall–Kier alpha value is -1.87. The van der Waals surface area contributed by atoms with E-state index in [0.29, 0.717) is 24.2 Å². The maximum Gasteiger partial charge on any atom is 0.164 e. The number of nitrogen functional groups attached to an aromatic ring is 1. The first kappa shape index (κ1) is 14.2. The second-order valence-electron chi connectivity index (χ2n) is 4.14. The van der Waals surface area contributed by atoms with Crippen molar-refractivity contribution in [2.75, 3.05) is 25.4 Å². The van der Waals surface area contributed by atoms with Gasteiger partial charge in [0.25, 0.3) is 0 Å². The standard InChI is InChI=1S/C15H20N2O/c1-3-9-17(10-4-2)11-8-15(18)13-6-5-7-14(16)12-13/h3-7,12H,1-2,8-11,16H2. The van der Waals surface area contributed by atoms with Gasteiger partial charge in [-0.2, -0.15) is 0 Å². The Morgan fingerprint density at radius 2 is 1.94 bits per heavy atom. The van der Waals surface area contributed by atoms with Gasteiger partial charge in [0.2, 0.25) is 0 Å². The average Bonchev–Trinajstić information content (AvgIpc) is 2.36. The number of nitrogens with zero attached hydrogens (tertiary/aromatic N) is 1. The summed E-state index contributed by atoms with van der Waals surface area (Å²) in [7, 11) is 0. The van der Waals surface area contributed by atoms with Crippen LogP contribution in [0.25, 0.3) is 0 Å². The number of ketones is 1. The molecule has 1 aromatic carbocycles. The highest BCUT2D eigenvalue weighted by Crippen LogP contribution is 2.09. The molecule has 0 heterocycles. The van der Waals surface area contributed by atoms with Crippen LogP contribution >= 0.6 is 0 Å². The Labute approximate surface area is 109 Å². The van der Waals surface area contributed by atoms with Crippen LogP contribution in [-0.4, -0.2) is 30.3 Å². The van der Waals surface area contributed by atoms with E-state index < -0.39 is 0 Å². The van der Waals surface area contributed by atoms with Crippen molar-refractivity contribution in [2.45, 2.75) is 6.42 Å². The fourth-order valence-electron chi connectivity index (χ4n) is 1.74. The Bertz CT molecular complexity index is 416. The number of anilines is 1. The lowest BCUT2D eigenvalue weighted by atomic mass is 10.1. The monoisotopic (exact) mass is 244 g/mol. The van der Waals surface area contributed by atoms with E-state index in [2.05, 4.69) is 18.1 Å². The molecule has 0 aromatic heterocycles. The van der Waals surface area contributed by atoms with Crippen LogP contribution in [0.15, 0.2) is 49.6 Å². The fraction of sp³-hybridized carbons (Fsp3) is 0.267. The molecule has 18 heavy (non-hydrogen) atoms. The number of hydrogen-bond acceptors (Lipinski definition) is 3. The molecule has 0 atom stereocenters. The molecule has 96 valence electrons. The normalized spacial score (nSPS) is 10.3. The summed E-state index contributed by atoms with van der Waals surface area (Å²) in [5, 5.41) is 0. The van der Waals surface area contributed by atoms with E-state index in [1.807, 2.05) is 12.2 Å². The van der Waals surface area contributed by atoms with Crippen LogP contribution in [0.2, 0.25) is 0 Å². The van der Waals surface area contributed by atoms with Gasteiger partial charge in [0.15, 0.2) is 5.78 Å². The molecule has 1 rings (SSSR count). The molecule has 0 aliphatic carbocycles. The molecule has 0 saturated carbocycles. The first-order chi connectivity index (χ1) is 8.67. The first-order valence-corrected chi connectivity index (χ1v) is 6.00. The zero-order valence-corrected chi connectivity index (χ0v) is 10.6. The van der Waals surface area contributed by atoms with E-state index >= 15 is 0 Å². The zero-order chi connectivity index (χ0) is 13.4. The highest BCUT2D eigenvalue weighted by molar-refractivity contribution is 5.96. The number of carbonyl (C=O) groups is 1. The van der Waals surface area contributed by atoms with Gasteiger partial charge in [0.1, 0.15) is 0 Å². The van der Waals surface area contributed by atoms with Crippen LogP contribution < -0.4 is 5.73 Å². The van der Waals surface area contributed by atoms with E-state index in [9.17, 15) is 4.79 Å². The van der Waals surface area contributed by atoms with Crippen molar-refractivity contribution >= 4 is 11.5 Å². The maximum atomic E-state index is 12.0. The lowest BCUT2D eigenvalue weighted by molar-refractivity contribution is 0.0968. The number of nitrogens with two attached hydrogens (primary N) is 1.